The van der Waals surface area contributed by atoms with E-state index < -0.39 is 46.9 Å². The van der Waals surface area contributed by atoms with Crippen LogP contribution in [-0.2, 0) is 19.4 Å². The zero-order chi connectivity index (χ0) is 18.5. The molecular formula is C12H23NO9S2. The summed E-state index contributed by atoms with van der Waals surface area (Å²) in [5.74, 6) is -0.246. The molecule has 24 heavy (non-hydrogen) atoms. The second-order valence-corrected chi connectivity index (χ2v) is 7.38. The molecule has 12 heteroatoms. The topological polar surface area (TPSA) is 166 Å². The van der Waals surface area contributed by atoms with Crippen LogP contribution in [0.1, 0.15) is 26.7 Å². The molecule has 1 aliphatic heterocycles. The van der Waals surface area contributed by atoms with Crippen LogP contribution in [-0.4, -0.2) is 74.9 Å². The predicted octanol–water partition coefficient (Wildman–Crippen LogP) is -0.911. The molecule has 0 aliphatic carbocycles. The number of hydrogen-bond donors (Lipinski definition) is 5. The van der Waals surface area contributed by atoms with Crippen molar-refractivity contribution in [1.82, 2.24) is 0 Å². The summed E-state index contributed by atoms with van der Waals surface area (Å²) >= 11 is 0.792. The molecule has 1 rings (SSSR count). The van der Waals surface area contributed by atoms with Crippen LogP contribution in [0.4, 0.5) is 0 Å². The third-order valence-corrected chi connectivity index (χ3v) is 5.18. The maximum atomic E-state index is 10.7. The molecule has 0 radical (unpaired) electrons. The molecule has 0 bridgehead atoms. The predicted molar refractivity (Wildman–Crippen MR) is 85.5 cm³/mol. The van der Waals surface area contributed by atoms with Crippen molar-refractivity contribution in [2.45, 2.75) is 56.5 Å². The van der Waals surface area contributed by atoms with Crippen LogP contribution in [0.5, 0.6) is 0 Å². The summed E-state index contributed by atoms with van der Waals surface area (Å²) < 4.78 is 39.5. The van der Waals surface area contributed by atoms with E-state index in [2.05, 4.69) is 9.44 Å². The van der Waals surface area contributed by atoms with Gasteiger partial charge in [-0.3, -0.25) is 4.55 Å². The highest BCUT2D eigenvalue weighted by Crippen LogP contribution is 2.32. The molecule has 0 aromatic rings. The Kier molecular flexibility index (Phi) is 8.35. The summed E-state index contributed by atoms with van der Waals surface area (Å²) in [5, 5.41) is 42.3. The molecule has 5 N–H and O–H groups in total. The van der Waals surface area contributed by atoms with Gasteiger partial charge in [-0.1, -0.05) is 30.8 Å². The Labute approximate surface area is 144 Å². The van der Waals surface area contributed by atoms with Gasteiger partial charge in [0.15, 0.2) is 0 Å². The molecule has 0 spiro atoms. The Morgan fingerprint density at radius 2 is 1.79 bits per heavy atom. The number of aliphatic hydroxyl groups excluding tert-OH is 4. The van der Waals surface area contributed by atoms with E-state index in [0.29, 0.717) is 12.8 Å². The fourth-order valence-corrected chi connectivity index (χ4v) is 3.76. The molecule has 0 aromatic heterocycles. The van der Waals surface area contributed by atoms with E-state index in [9.17, 15) is 28.8 Å². The van der Waals surface area contributed by atoms with Crippen molar-refractivity contribution in [3.8, 4) is 0 Å². The lowest BCUT2D eigenvalue weighted by molar-refractivity contribution is -0.205. The maximum absolute atomic E-state index is 10.7. The smallest absolute Gasteiger partial charge is 0.394 e. The van der Waals surface area contributed by atoms with Crippen molar-refractivity contribution >= 4 is 27.2 Å². The first-order valence-corrected chi connectivity index (χ1v) is 9.60. The minimum Gasteiger partial charge on any atom is -0.394 e. The van der Waals surface area contributed by atoms with Gasteiger partial charge in [0.2, 0.25) is 0 Å². The van der Waals surface area contributed by atoms with Gasteiger partial charge in [0, 0.05) is 5.92 Å². The minimum absolute atomic E-state index is 0.127. The van der Waals surface area contributed by atoms with Crippen LogP contribution < -0.4 is 0 Å². The highest BCUT2D eigenvalue weighted by atomic mass is 32.3. The molecule has 0 amide bonds. The average Bonchev–Trinajstić information content (AvgIpc) is 2.52. The van der Waals surface area contributed by atoms with Crippen LogP contribution in [0.15, 0.2) is 5.16 Å². The number of hydrogen-bond acceptors (Lipinski definition) is 10. The molecule has 0 unspecified atom stereocenters. The van der Waals surface area contributed by atoms with E-state index in [-0.39, 0.29) is 11.0 Å². The van der Waals surface area contributed by atoms with Crippen LogP contribution in [0.25, 0.3) is 0 Å². The third-order valence-electron chi connectivity index (χ3n) is 3.64. The standard InChI is InChI=1S/C12H23NO9S2/c1-3-6(4-2)11(13-22-24(18,19)20)23-12-10(17)9(16)8(15)7(5-14)21-12/h6-10,12,14-17H,3-5H2,1-2H3,(H,18,19,20)/b13-11+/t7-,8-,9+,10-,12+/m1/s1. The Bertz CT molecular complexity index is 521. The number of rotatable bonds is 7. The van der Waals surface area contributed by atoms with Gasteiger partial charge in [0.05, 0.1) is 6.61 Å². The van der Waals surface area contributed by atoms with Crippen LogP contribution >= 0.6 is 11.8 Å². The van der Waals surface area contributed by atoms with E-state index in [1.165, 1.54) is 0 Å². The fourth-order valence-electron chi connectivity index (χ4n) is 2.20. The van der Waals surface area contributed by atoms with Gasteiger partial charge in [-0.25, -0.2) is 4.28 Å². The van der Waals surface area contributed by atoms with E-state index in [1.807, 2.05) is 13.8 Å². The lowest BCUT2D eigenvalue weighted by Gasteiger charge is -2.39. The molecule has 1 heterocycles. The van der Waals surface area contributed by atoms with Gasteiger partial charge >= 0.3 is 10.4 Å². The van der Waals surface area contributed by atoms with Gasteiger partial charge < -0.3 is 25.2 Å². The summed E-state index contributed by atoms with van der Waals surface area (Å²) in [6.45, 7) is 3.07. The van der Waals surface area contributed by atoms with E-state index >= 15 is 0 Å². The van der Waals surface area contributed by atoms with Crippen molar-refractivity contribution < 1.29 is 42.4 Å². The minimum atomic E-state index is -4.79. The number of thioether (sulfide) groups is 1. The summed E-state index contributed by atoms with van der Waals surface area (Å²) in [7, 11) is -4.79. The Morgan fingerprint density at radius 3 is 2.25 bits per heavy atom. The SMILES string of the molecule is CCC(CC)/C(=N\OS(=O)(=O)O)S[C@@H]1O[C@H](CO)[C@@H](O)[C@H](O)[C@H]1O. The first kappa shape index (κ1) is 21.6. The monoisotopic (exact) mass is 389 g/mol. The van der Waals surface area contributed by atoms with Gasteiger partial charge in [0.25, 0.3) is 0 Å². The molecule has 5 atom stereocenters. The van der Waals surface area contributed by atoms with Crippen molar-refractivity contribution in [3.05, 3.63) is 0 Å². The van der Waals surface area contributed by atoms with E-state index in [0.717, 1.165) is 11.8 Å². The van der Waals surface area contributed by atoms with Crippen molar-refractivity contribution in [1.29, 1.82) is 0 Å². The van der Waals surface area contributed by atoms with Gasteiger partial charge in [-0.2, -0.15) is 8.42 Å². The summed E-state index contributed by atoms with van der Waals surface area (Å²) in [6.07, 6.45) is -4.52. The van der Waals surface area contributed by atoms with Crippen molar-refractivity contribution in [2.75, 3.05) is 6.61 Å². The number of oxime groups is 1. The zero-order valence-electron chi connectivity index (χ0n) is 13.2. The molecule has 0 saturated carbocycles. The number of nitrogens with zero attached hydrogens (tertiary/aromatic N) is 1. The molecular weight excluding hydrogens is 366 g/mol. The summed E-state index contributed by atoms with van der Waals surface area (Å²) in [6, 6.07) is 0. The lowest BCUT2D eigenvalue weighted by Crippen LogP contribution is -2.57. The van der Waals surface area contributed by atoms with Gasteiger partial charge in [-0.15, -0.1) is 0 Å². The number of ether oxygens (including phenoxy) is 1. The molecule has 1 saturated heterocycles. The van der Waals surface area contributed by atoms with Crippen LogP contribution in [0.3, 0.4) is 0 Å². The lowest BCUT2D eigenvalue weighted by atomic mass is 10.0. The van der Waals surface area contributed by atoms with E-state index in [1.54, 1.807) is 0 Å². The zero-order valence-corrected chi connectivity index (χ0v) is 14.9. The highest BCUT2D eigenvalue weighted by Gasteiger charge is 2.44. The fraction of sp³-hybridized carbons (Fsp3) is 0.917. The summed E-state index contributed by atoms with van der Waals surface area (Å²) in [5.41, 5.74) is -1.12. The maximum Gasteiger partial charge on any atom is 0.466 e. The highest BCUT2D eigenvalue weighted by molar-refractivity contribution is 8.14. The molecule has 1 aliphatic rings. The molecule has 1 fully saturated rings. The number of aliphatic hydroxyl groups is 4. The first-order chi connectivity index (χ1) is 11.1. The quantitative estimate of drug-likeness (QED) is 0.159. The Morgan fingerprint density at radius 1 is 1.21 bits per heavy atom. The third kappa shape index (κ3) is 5.81. The second kappa shape index (κ2) is 9.29. The Balaban J connectivity index is 2.99. The normalized spacial score (nSPS) is 32.2. The van der Waals surface area contributed by atoms with Crippen molar-refractivity contribution in [2.24, 2.45) is 11.1 Å². The van der Waals surface area contributed by atoms with E-state index in [4.69, 9.17) is 9.29 Å². The summed E-state index contributed by atoms with van der Waals surface area (Å²) in [4.78, 5) is 0. The van der Waals surface area contributed by atoms with Crippen LogP contribution in [0, 0.1) is 5.92 Å². The average molecular weight is 389 g/mol. The van der Waals surface area contributed by atoms with Crippen LogP contribution in [0.2, 0.25) is 0 Å². The second-order valence-electron chi connectivity index (χ2n) is 5.26. The van der Waals surface area contributed by atoms with Gasteiger partial charge in [-0.05, 0) is 12.8 Å². The molecule has 142 valence electrons. The largest absolute Gasteiger partial charge is 0.466 e. The van der Waals surface area contributed by atoms with Crippen molar-refractivity contribution in [3.63, 3.8) is 0 Å². The Hall–Kier alpha value is -0.470. The van der Waals surface area contributed by atoms with Gasteiger partial charge in [0.1, 0.15) is 34.9 Å². The first-order valence-electron chi connectivity index (χ1n) is 7.35. The molecule has 0 aromatic carbocycles. The molecule has 10 nitrogen and oxygen atoms in total.